The van der Waals surface area contributed by atoms with Gasteiger partial charge >= 0.3 is 0 Å². The Kier molecular flexibility index (Phi) is 7.96. The number of nitrogens with one attached hydrogen (secondary N) is 1. The Bertz CT molecular complexity index is 1690. The molecule has 1 aliphatic heterocycles. The number of aromatic nitrogens is 1. The van der Waals surface area contributed by atoms with Crippen LogP contribution in [-0.4, -0.2) is 35.9 Å². The van der Waals surface area contributed by atoms with Gasteiger partial charge in [-0.15, -0.1) is 17.9 Å². The number of halogens is 2. The van der Waals surface area contributed by atoms with Crippen molar-refractivity contribution in [2.24, 2.45) is 4.99 Å². The minimum absolute atomic E-state index is 0.0626. The van der Waals surface area contributed by atoms with E-state index in [9.17, 15) is 13.2 Å². The second-order valence-electron chi connectivity index (χ2n) is 7.94. The van der Waals surface area contributed by atoms with Crippen molar-refractivity contribution in [3.8, 4) is 11.3 Å². The third kappa shape index (κ3) is 5.97. The number of thiazole rings is 1. The first-order valence-corrected chi connectivity index (χ1v) is 15.2. The largest absolute Gasteiger partial charge is 0.457 e. The number of anilines is 1. The van der Waals surface area contributed by atoms with Crippen LogP contribution in [0.3, 0.4) is 0 Å². The Labute approximate surface area is 242 Å². The zero-order valence-corrected chi connectivity index (χ0v) is 23.8. The lowest BCUT2D eigenvalue weighted by Crippen LogP contribution is -2.29. The molecule has 8 nitrogen and oxygen atoms in total. The number of thioether (sulfide) groups is 1. The van der Waals surface area contributed by atoms with Gasteiger partial charge in [-0.25, -0.2) is 18.4 Å². The van der Waals surface area contributed by atoms with E-state index in [0.29, 0.717) is 42.9 Å². The van der Waals surface area contributed by atoms with E-state index in [1.54, 1.807) is 60.0 Å². The van der Waals surface area contributed by atoms with Gasteiger partial charge in [0, 0.05) is 24.2 Å². The molecule has 2 aromatic carbocycles. The minimum atomic E-state index is -3.79. The number of carbonyl (C=O) groups is 1. The Morgan fingerprint density at radius 2 is 1.85 bits per heavy atom. The van der Waals surface area contributed by atoms with Gasteiger partial charge in [-0.2, -0.15) is 0 Å². The first-order chi connectivity index (χ1) is 18.7. The van der Waals surface area contributed by atoms with E-state index >= 15 is 0 Å². The second-order valence-corrected chi connectivity index (χ2v) is 12.3. The zero-order valence-electron chi connectivity index (χ0n) is 19.9. The number of carbonyl (C=O) groups excluding carboxylic acids is 1. The van der Waals surface area contributed by atoms with E-state index in [2.05, 4.69) is 21.3 Å². The monoisotopic (exact) mass is 616 g/mol. The van der Waals surface area contributed by atoms with Crippen LogP contribution in [0.1, 0.15) is 5.76 Å². The predicted octanol–water partition coefficient (Wildman–Crippen LogP) is 7.30. The summed E-state index contributed by atoms with van der Waals surface area (Å²) < 4.78 is 33.6. The number of furan rings is 1. The maximum Gasteiger partial charge on any atom is 0.267 e. The average molecular weight is 618 g/mol. The van der Waals surface area contributed by atoms with Crippen molar-refractivity contribution >= 4 is 84.3 Å². The molecule has 1 saturated heterocycles. The average Bonchev–Trinajstić information content (AvgIpc) is 3.64. The van der Waals surface area contributed by atoms with Gasteiger partial charge in [0.05, 0.1) is 31.1 Å². The number of amides is 1. The first kappa shape index (κ1) is 27.2. The molecule has 4 aromatic rings. The van der Waals surface area contributed by atoms with Gasteiger partial charge in [-0.05, 0) is 60.3 Å². The van der Waals surface area contributed by atoms with Crippen LogP contribution in [0.2, 0.25) is 10.0 Å². The SMILES string of the molecule is C=CCN1C(=O)/C(=C/c2ccc(-c3c(Cl)cccc3Cl)o2)SC1=Nc1ccc(S(=O)(=O)Nc2nccs2)cc1. The Morgan fingerprint density at radius 1 is 1.10 bits per heavy atom. The van der Waals surface area contributed by atoms with Crippen LogP contribution in [0.5, 0.6) is 0 Å². The van der Waals surface area contributed by atoms with Crippen LogP contribution in [-0.2, 0) is 14.8 Å². The fraction of sp³-hybridized carbons (Fsp3) is 0.0385. The number of hydrogen-bond acceptors (Lipinski definition) is 8. The van der Waals surface area contributed by atoms with Crippen LogP contribution in [0, 0.1) is 0 Å². The summed E-state index contributed by atoms with van der Waals surface area (Å²) in [4.78, 5) is 23.6. The van der Waals surface area contributed by atoms with Gasteiger partial charge in [-0.3, -0.25) is 14.4 Å². The highest BCUT2D eigenvalue weighted by Gasteiger charge is 2.33. The topological polar surface area (TPSA) is 105 Å². The summed E-state index contributed by atoms with van der Waals surface area (Å²) in [6.45, 7) is 3.97. The highest BCUT2D eigenvalue weighted by molar-refractivity contribution is 8.18. The number of hydrogen-bond donors (Lipinski definition) is 1. The molecule has 0 saturated carbocycles. The standard InChI is InChI=1S/C26H18Cl2N4O4S3/c1-2-13-32-24(33)22(15-17-8-11-21(36-17)23-19(27)4-3-5-20(23)28)38-26(32)30-16-6-9-18(10-7-16)39(34,35)31-25-29-12-14-37-25/h2-12,14-15H,1,13H2,(H,29,31)/b22-15-,30-26?. The summed E-state index contributed by atoms with van der Waals surface area (Å²) in [5.41, 5.74) is 1.04. The van der Waals surface area contributed by atoms with Crippen molar-refractivity contribution in [2.75, 3.05) is 11.3 Å². The number of aliphatic imine (C=N–C) groups is 1. The fourth-order valence-corrected chi connectivity index (χ4v) is 6.93. The summed E-state index contributed by atoms with van der Waals surface area (Å²) in [5.74, 6) is 0.655. The van der Waals surface area contributed by atoms with E-state index in [4.69, 9.17) is 27.6 Å². The van der Waals surface area contributed by atoms with Crippen molar-refractivity contribution in [3.63, 3.8) is 0 Å². The third-order valence-corrected chi connectivity index (χ3v) is 9.14. The molecule has 0 bridgehead atoms. The van der Waals surface area contributed by atoms with E-state index in [0.717, 1.165) is 0 Å². The number of amidine groups is 1. The molecule has 0 unspecified atom stereocenters. The number of nitrogens with zero attached hydrogens (tertiary/aromatic N) is 3. The molecule has 1 aliphatic rings. The van der Waals surface area contributed by atoms with E-state index in [-0.39, 0.29) is 22.5 Å². The van der Waals surface area contributed by atoms with Crippen LogP contribution in [0.25, 0.3) is 17.4 Å². The Balaban J connectivity index is 1.39. The quantitative estimate of drug-likeness (QED) is 0.164. The minimum Gasteiger partial charge on any atom is -0.457 e. The van der Waals surface area contributed by atoms with E-state index in [1.165, 1.54) is 46.3 Å². The first-order valence-electron chi connectivity index (χ1n) is 11.2. The molecule has 5 rings (SSSR count). The summed E-state index contributed by atoms with van der Waals surface area (Å²) >= 11 is 14.9. The van der Waals surface area contributed by atoms with E-state index < -0.39 is 10.0 Å². The normalized spacial score (nSPS) is 15.8. The van der Waals surface area contributed by atoms with Crippen LogP contribution >= 0.6 is 46.3 Å². The van der Waals surface area contributed by atoms with Gasteiger partial charge in [-0.1, -0.05) is 35.3 Å². The maximum atomic E-state index is 13.2. The summed E-state index contributed by atoms with van der Waals surface area (Å²) in [6.07, 6.45) is 4.74. The molecule has 0 radical (unpaired) electrons. The van der Waals surface area contributed by atoms with Crippen molar-refractivity contribution in [1.29, 1.82) is 0 Å². The molecule has 1 fully saturated rings. The van der Waals surface area contributed by atoms with Gasteiger partial charge in [0.15, 0.2) is 10.3 Å². The van der Waals surface area contributed by atoms with Crippen LogP contribution < -0.4 is 4.72 Å². The third-order valence-electron chi connectivity index (χ3n) is 5.33. The Morgan fingerprint density at radius 3 is 2.51 bits per heavy atom. The van der Waals surface area contributed by atoms with Gasteiger partial charge < -0.3 is 4.42 Å². The number of benzene rings is 2. The van der Waals surface area contributed by atoms with Crippen LogP contribution in [0.4, 0.5) is 10.8 Å². The van der Waals surface area contributed by atoms with Crippen molar-refractivity contribution in [1.82, 2.24) is 9.88 Å². The summed E-state index contributed by atoms with van der Waals surface area (Å²) in [7, 11) is -3.79. The van der Waals surface area contributed by atoms with Gasteiger partial charge in [0.1, 0.15) is 11.5 Å². The second kappa shape index (κ2) is 11.4. The predicted molar refractivity (Wildman–Crippen MR) is 158 cm³/mol. The van der Waals surface area contributed by atoms with E-state index in [1.807, 2.05) is 0 Å². The molecule has 13 heteroatoms. The molecule has 2 aromatic heterocycles. The number of sulfonamides is 1. The molecular weight excluding hydrogens is 599 g/mol. The lowest BCUT2D eigenvalue weighted by molar-refractivity contribution is -0.121. The molecule has 39 heavy (non-hydrogen) atoms. The molecule has 0 spiro atoms. The molecule has 0 aliphatic carbocycles. The lowest BCUT2D eigenvalue weighted by Gasteiger charge is -2.12. The summed E-state index contributed by atoms with van der Waals surface area (Å²) in [6, 6.07) is 14.6. The molecular formula is C26H18Cl2N4O4S3. The Hall–Kier alpha value is -3.35. The lowest BCUT2D eigenvalue weighted by atomic mass is 10.2. The van der Waals surface area contributed by atoms with Crippen molar-refractivity contribution in [2.45, 2.75) is 4.90 Å². The fourth-order valence-electron chi connectivity index (χ4n) is 3.57. The van der Waals surface area contributed by atoms with Gasteiger partial charge in [0.25, 0.3) is 15.9 Å². The smallest absolute Gasteiger partial charge is 0.267 e. The van der Waals surface area contributed by atoms with Crippen molar-refractivity contribution in [3.05, 3.63) is 99.5 Å². The highest BCUT2D eigenvalue weighted by atomic mass is 35.5. The molecule has 3 heterocycles. The maximum absolute atomic E-state index is 13.2. The highest BCUT2D eigenvalue weighted by Crippen LogP contribution is 2.38. The molecule has 1 N–H and O–H groups in total. The summed E-state index contributed by atoms with van der Waals surface area (Å²) in [5, 5.41) is 3.27. The van der Waals surface area contributed by atoms with Crippen molar-refractivity contribution < 1.29 is 17.6 Å². The number of rotatable bonds is 8. The molecule has 0 atom stereocenters. The van der Waals surface area contributed by atoms with Crippen LogP contribution in [0.15, 0.2) is 98.0 Å². The van der Waals surface area contributed by atoms with Gasteiger partial charge in [0.2, 0.25) is 0 Å². The molecule has 1 amide bonds. The molecule has 198 valence electrons. The zero-order chi connectivity index (χ0) is 27.6.